The summed E-state index contributed by atoms with van der Waals surface area (Å²) in [5, 5.41) is 0. The van der Waals surface area contributed by atoms with Crippen molar-refractivity contribution in [2.45, 2.75) is 39.0 Å². The molecule has 0 N–H and O–H groups in total. The minimum absolute atomic E-state index is 0.0327. The Labute approximate surface area is 95.1 Å². The van der Waals surface area contributed by atoms with E-state index in [-0.39, 0.29) is 31.0 Å². The van der Waals surface area contributed by atoms with Crippen molar-refractivity contribution in [1.82, 2.24) is 0 Å². The Bertz CT molecular complexity index is 247. The minimum atomic E-state index is -0.390. The van der Waals surface area contributed by atoms with Crippen LogP contribution in [0, 0.1) is 0 Å². The molecule has 0 fully saturated rings. The second-order valence-corrected chi connectivity index (χ2v) is 3.27. The third kappa shape index (κ3) is 7.96. The Balaban J connectivity index is 3.51. The molecule has 5 nitrogen and oxygen atoms in total. The van der Waals surface area contributed by atoms with E-state index in [1.807, 2.05) is 0 Å². The van der Waals surface area contributed by atoms with Crippen LogP contribution in [0.25, 0.3) is 0 Å². The number of carbonyl (C=O) groups is 3. The molecular formula is C11H18O5. The van der Waals surface area contributed by atoms with Gasteiger partial charge in [-0.15, -0.1) is 0 Å². The van der Waals surface area contributed by atoms with Crippen molar-refractivity contribution in [3.63, 3.8) is 0 Å². The van der Waals surface area contributed by atoms with E-state index in [1.54, 1.807) is 6.92 Å². The van der Waals surface area contributed by atoms with Gasteiger partial charge < -0.3 is 9.47 Å². The van der Waals surface area contributed by atoms with E-state index in [2.05, 4.69) is 4.74 Å². The molecule has 0 bridgehead atoms. The van der Waals surface area contributed by atoms with E-state index in [0.29, 0.717) is 19.4 Å². The summed E-state index contributed by atoms with van der Waals surface area (Å²) in [5.74, 6) is -0.711. The van der Waals surface area contributed by atoms with Gasteiger partial charge in [0.25, 0.3) is 0 Å². The van der Waals surface area contributed by atoms with Gasteiger partial charge in [-0.05, 0) is 13.3 Å². The molecule has 16 heavy (non-hydrogen) atoms. The lowest BCUT2D eigenvalue weighted by Crippen LogP contribution is -2.07. The second-order valence-electron chi connectivity index (χ2n) is 3.27. The number of carbonyl (C=O) groups excluding carboxylic acids is 3. The maximum atomic E-state index is 11.2. The lowest BCUT2D eigenvalue weighted by molar-refractivity contribution is -0.144. The van der Waals surface area contributed by atoms with Crippen molar-refractivity contribution < 1.29 is 23.9 Å². The zero-order valence-corrected chi connectivity index (χ0v) is 9.78. The molecule has 0 saturated heterocycles. The van der Waals surface area contributed by atoms with Gasteiger partial charge in [-0.1, -0.05) is 0 Å². The first kappa shape index (κ1) is 14.6. The highest BCUT2D eigenvalue weighted by Crippen LogP contribution is 2.03. The summed E-state index contributed by atoms with van der Waals surface area (Å²) in [6.07, 6.45) is 1.30. The lowest BCUT2D eigenvalue weighted by atomic mass is 10.1. The van der Waals surface area contributed by atoms with Crippen molar-refractivity contribution in [3.8, 4) is 0 Å². The summed E-state index contributed by atoms with van der Waals surface area (Å²) in [4.78, 5) is 32.9. The lowest BCUT2D eigenvalue weighted by Gasteiger charge is -2.01. The van der Waals surface area contributed by atoms with Crippen molar-refractivity contribution in [2.24, 2.45) is 0 Å². The number of esters is 2. The van der Waals surface area contributed by atoms with E-state index in [4.69, 9.17) is 4.74 Å². The molecule has 92 valence electrons. The van der Waals surface area contributed by atoms with Gasteiger partial charge in [-0.25, -0.2) is 0 Å². The number of ether oxygens (including phenoxy) is 2. The van der Waals surface area contributed by atoms with Crippen LogP contribution in [0.15, 0.2) is 0 Å². The standard InChI is InChI=1S/C11H18O5/c1-3-16-11(14)6-4-5-9(12)7-8-10(13)15-2/h3-8H2,1-2H3. The summed E-state index contributed by atoms with van der Waals surface area (Å²) in [7, 11) is 1.29. The fraction of sp³-hybridized carbons (Fsp3) is 0.727. The van der Waals surface area contributed by atoms with Crippen LogP contribution in [0.4, 0.5) is 0 Å². The number of hydrogen-bond acceptors (Lipinski definition) is 5. The maximum absolute atomic E-state index is 11.2. The van der Waals surface area contributed by atoms with Crippen molar-refractivity contribution in [1.29, 1.82) is 0 Å². The fourth-order valence-electron chi connectivity index (χ4n) is 1.13. The molecule has 0 aliphatic rings. The summed E-state index contributed by atoms with van der Waals surface area (Å²) < 4.78 is 9.12. The van der Waals surface area contributed by atoms with E-state index >= 15 is 0 Å². The Morgan fingerprint density at radius 3 is 2.19 bits per heavy atom. The van der Waals surface area contributed by atoms with Gasteiger partial charge in [-0.2, -0.15) is 0 Å². The monoisotopic (exact) mass is 230 g/mol. The predicted octanol–water partition coefficient (Wildman–Crippen LogP) is 1.24. The van der Waals surface area contributed by atoms with Crippen molar-refractivity contribution in [3.05, 3.63) is 0 Å². The van der Waals surface area contributed by atoms with Crippen LogP contribution in [0.2, 0.25) is 0 Å². The van der Waals surface area contributed by atoms with Crippen LogP contribution in [-0.4, -0.2) is 31.4 Å². The first-order chi connectivity index (χ1) is 7.60. The molecule has 0 aliphatic heterocycles. The quantitative estimate of drug-likeness (QED) is 0.587. The third-order valence-corrected chi connectivity index (χ3v) is 1.98. The molecule has 0 unspecified atom stereocenters. The Hall–Kier alpha value is -1.39. The molecule has 0 saturated carbocycles. The molecule has 0 rings (SSSR count). The van der Waals surface area contributed by atoms with Crippen LogP contribution in [0.5, 0.6) is 0 Å². The van der Waals surface area contributed by atoms with E-state index < -0.39 is 5.97 Å². The van der Waals surface area contributed by atoms with Gasteiger partial charge in [0, 0.05) is 19.3 Å². The van der Waals surface area contributed by atoms with Gasteiger partial charge >= 0.3 is 11.9 Å². The number of rotatable bonds is 8. The molecule has 0 spiro atoms. The Kier molecular flexibility index (Phi) is 8.11. The number of hydrogen-bond donors (Lipinski definition) is 0. The number of methoxy groups -OCH3 is 1. The molecule has 0 aliphatic carbocycles. The third-order valence-electron chi connectivity index (χ3n) is 1.98. The molecule has 0 aromatic rings. The predicted molar refractivity (Wildman–Crippen MR) is 56.7 cm³/mol. The number of Topliss-reactive ketones (excluding diaryl/α,β-unsaturated/α-hetero) is 1. The molecule has 0 aromatic carbocycles. The van der Waals surface area contributed by atoms with Gasteiger partial charge in [0.2, 0.25) is 0 Å². The van der Waals surface area contributed by atoms with E-state index in [1.165, 1.54) is 7.11 Å². The van der Waals surface area contributed by atoms with Gasteiger partial charge in [0.05, 0.1) is 20.1 Å². The second kappa shape index (κ2) is 8.88. The minimum Gasteiger partial charge on any atom is -0.469 e. The van der Waals surface area contributed by atoms with Crippen LogP contribution in [0.1, 0.15) is 39.0 Å². The Morgan fingerprint density at radius 2 is 1.62 bits per heavy atom. The topological polar surface area (TPSA) is 69.7 Å². The van der Waals surface area contributed by atoms with E-state index in [9.17, 15) is 14.4 Å². The van der Waals surface area contributed by atoms with Crippen LogP contribution in [0.3, 0.4) is 0 Å². The molecular weight excluding hydrogens is 212 g/mol. The molecule has 0 amide bonds. The van der Waals surface area contributed by atoms with Crippen molar-refractivity contribution >= 4 is 17.7 Å². The number of ketones is 1. The zero-order valence-electron chi connectivity index (χ0n) is 9.78. The maximum Gasteiger partial charge on any atom is 0.305 e. The molecule has 0 aromatic heterocycles. The van der Waals surface area contributed by atoms with Gasteiger partial charge in [0.1, 0.15) is 5.78 Å². The average molecular weight is 230 g/mol. The van der Waals surface area contributed by atoms with Crippen LogP contribution in [-0.2, 0) is 23.9 Å². The fourth-order valence-corrected chi connectivity index (χ4v) is 1.13. The zero-order chi connectivity index (χ0) is 12.4. The summed E-state index contributed by atoms with van der Waals surface area (Å²) in [5.41, 5.74) is 0. The average Bonchev–Trinajstić information content (AvgIpc) is 2.26. The van der Waals surface area contributed by atoms with E-state index in [0.717, 1.165) is 0 Å². The van der Waals surface area contributed by atoms with Gasteiger partial charge in [-0.3, -0.25) is 14.4 Å². The smallest absolute Gasteiger partial charge is 0.305 e. The molecule has 0 radical (unpaired) electrons. The molecule has 5 heteroatoms. The van der Waals surface area contributed by atoms with Crippen molar-refractivity contribution in [2.75, 3.05) is 13.7 Å². The van der Waals surface area contributed by atoms with Gasteiger partial charge in [0.15, 0.2) is 0 Å². The highest BCUT2D eigenvalue weighted by atomic mass is 16.5. The highest BCUT2D eigenvalue weighted by Gasteiger charge is 2.08. The molecule has 0 heterocycles. The van der Waals surface area contributed by atoms with Crippen LogP contribution >= 0.6 is 0 Å². The summed E-state index contributed by atoms with van der Waals surface area (Å²) in [6.45, 7) is 2.09. The molecule has 0 atom stereocenters. The first-order valence-corrected chi connectivity index (χ1v) is 5.34. The first-order valence-electron chi connectivity index (χ1n) is 5.34. The largest absolute Gasteiger partial charge is 0.469 e. The summed E-state index contributed by atoms with van der Waals surface area (Å²) in [6, 6.07) is 0. The highest BCUT2D eigenvalue weighted by molar-refractivity contribution is 5.83. The normalized spacial score (nSPS) is 9.62. The van der Waals surface area contributed by atoms with Crippen LogP contribution < -0.4 is 0 Å². The Morgan fingerprint density at radius 1 is 0.938 bits per heavy atom. The summed E-state index contributed by atoms with van der Waals surface area (Å²) >= 11 is 0. The SMILES string of the molecule is CCOC(=O)CCCC(=O)CCC(=O)OC.